The smallest absolute Gasteiger partial charge is 0.238 e. The first-order chi connectivity index (χ1) is 12.8. The largest absolute Gasteiger partial charge is 0.342 e. The van der Waals surface area contributed by atoms with Crippen molar-refractivity contribution < 1.29 is 9.59 Å². The molecule has 0 aliphatic carbocycles. The number of amides is 2. The Balaban J connectivity index is 1.80. The SMILES string of the molecule is CCN(CC)C(=O)CN1CCN(CC(=O)Nc2c(C)cc(C)cc2Cl)CC1. The second-order valence-corrected chi connectivity index (χ2v) is 7.51. The number of likely N-dealkylation sites (N-methyl/N-ethyl adjacent to an activating group) is 1. The molecule has 6 nitrogen and oxygen atoms in total. The Bertz CT molecular complexity index is 645. The second kappa shape index (κ2) is 10.1. The van der Waals surface area contributed by atoms with Crippen LogP contribution >= 0.6 is 11.6 Å². The molecule has 1 aromatic carbocycles. The first-order valence-corrected chi connectivity index (χ1v) is 10.0. The molecule has 0 atom stereocenters. The zero-order valence-corrected chi connectivity index (χ0v) is 17.6. The lowest BCUT2D eigenvalue weighted by molar-refractivity contribution is -0.132. The van der Waals surface area contributed by atoms with E-state index in [1.165, 1.54) is 0 Å². The van der Waals surface area contributed by atoms with Gasteiger partial charge in [0.1, 0.15) is 0 Å². The minimum Gasteiger partial charge on any atom is -0.342 e. The van der Waals surface area contributed by atoms with E-state index in [1.54, 1.807) is 0 Å². The molecule has 1 heterocycles. The number of benzene rings is 1. The molecule has 7 heteroatoms. The van der Waals surface area contributed by atoms with E-state index in [4.69, 9.17) is 11.6 Å². The van der Waals surface area contributed by atoms with Gasteiger partial charge in [0.15, 0.2) is 0 Å². The zero-order chi connectivity index (χ0) is 20.0. The summed E-state index contributed by atoms with van der Waals surface area (Å²) in [6.45, 7) is 13.4. The van der Waals surface area contributed by atoms with Crippen LogP contribution in [0.15, 0.2) is 12.1 Å². The predicted octanol–water partition coefficient (Wildman–Crippen LogP) is 2.38. The average Bonchev–Trinajstić information content (AvgIpc) is 2.61. The van der Waals surface area contributed by atoms with Crippen molar-refractivity contribution in [2.24, 2.45) is 0 Å². The lowest BCUT2D eigenvalue weighted by Gasteiger charge is -2.34. The number of halogens is 1. The number of nitrogens with zero attached hydrogens (tertiary/aromatic N) is 3. The summed E-state index contributed by atoms with van der Waals surface area (Å²) >= 11 is 6.27. The van der Waals surface area contributed by atoms with E-state index in [0.717, 1.165) is 50.4 Å². The lowest BCUT2D eigenvalue weighted by atomic mass is 10.1. The highest BCUT2D eigenvalue weighted by molar-refractivity contribution is 6.34. The van der Waals surface area contributed by atoms with Gasteiger partial charge in [-0.25, -0.2) is 0 Å². The molecule has 1 aliphatic rings. The summed E-state index contributed by atoms with van der Waals surface area (Å²) in [4.78, 5) is 30.8. The monoisotopic (exact) mass is 394 g/mol. The van der Waals surface area contributed by atoms with Crippen LogP contribution in [0.4, 0.5) is 5.69 Å². The quantitative estimate of drug-likeness (QED) is 0.771. The Labute approximate surface area is 167 Å². The Hall–Kier alpha value is -1.63. The number of rotatable bonds is 7. The third-order valence-electron chi connectivity index (χ3n) is 5.00. The van der Waals surface area contributed by atoms with Gasteiger partial charge in [-0.3, -0.25) is 19.4 Å². The van der Waals surface area contributed by atoms with Gasteiger partial charge in [-0.05, 0) is 44.9 Å². The number of anilines is 1. The molecule has 0 spiro atoms. The molecule has 1 aromatic rings. The van der Waals surface area contributed by atoms with Gasteiger partial charge in [-0.2, -0.15) is 0 Å². The Morgan fingerprint density at radius 2 is 1.59 bits per heavy atom. The summed E-state index contributed by atoms with van der Waals surface area (Å²) in [7, 11) is 0. The molecule has 0 radical (unpaired) electrons. The minimum absolute atomic E-state index is 0.0588. The fraction of sp³-hybridized carbons (Fsp3) is 0.600. The second-order valence-electron chi connectivity index (χ2n) is 7.11. The number of nitrogens with one attached hydrogen (secondary N) is 1. The molecule has 2 amide bonds. The van der Waals surface area contributed by atoms with Gasteiger partial charge in [-0.1, -0.05) is 17.7 Å². The van der Waals surface area contributed by atoms with Crippen molar-refractivity contribution in [1.82, 2.24) is 14.7 Å². The number of carbonyl (C=O) groups is 2. The number of aryl methyl sites for hydroxylation is 2. The van der Waals surface area contributed by atoms with Gasteiger partial charge in [0.05, 0.1) is 23.8 Å². The van der Waals surface area contributed by atoms with Gasteiger partial charge in [0, 0.05) is 39.3 Å². The maximum atomic E-state index is 12.4. The van der Waals surface area contributed by atoms with Crippen molar-refractivity contribution in [1.29, 1.82) is 0 Å². The summed E-state index contributed by atoms with van der Waals surface area (Å²) in [5.41, 5.74) is 2.73. The molecule has 150 valence electrons. The van der Waals surface area contributed by atoms with Crippen LogP contribution in [0.1, 0.15) is 25.0 Å². The van der Waals surface area contributed by atoms with Crippen LogP contribution in [-0.2, 0) is 9.59 Å². The van der Waals surface area contributed by atoms with Gasteiger partial charge in [0.25, 0.3) is 0 Å². The van der Waals surface area contributed by atoms with Crippen molar-refractivity contribution in [3.63, 3.8) is 0 Å². The third kappa shape index (κ3) is 6.19. The topological polar surface area (TPSA) is 55.9 Å². The lowest BCUT2D eigenvalue weighted by Crippen LogP contribution is -2.51. The summed E-state index contributed by atoms with van der Waals surface area (Å²) < 4.78 is 0. The summed E-state index contributed by atoms with van der Waals surface area (Å²) in [5.74, 6) is 0.118. The Kier molecular flexibility index (Phi) is 8.07. The molecule has 1 N–H and O–H groups in total. The van der Waals surface area contributed by atoms with Gasteiger partial charge in [0.2, 0.25) is 11.8 Å². The molecular weight excluding hydrogens is 364 g/mol. The van der Waals surface area contributed by atoms with Crippen molar-refractivity contribution in [3.05, 3.63) is 28.3 Å². The molecule has 0 aromatic heterocycles. The van der Waals surface area contributed by atoms with Crippen LogP contribution in [0.2, 0.25) is 5.02 Å². The normalized spacial score (nSPS) is 15.6. The van der Waals surface area contributed by atoms with E-state index >= 15 is 0 Å². The van der Waals surface area contributed by atoms with Gasteiger partial charge < -0.3 is 10.2 Å². The highest BCUT2D eigenvalue weighted by atomic mass is 35.5. The van der Waals surface area contributed by atoms with Crippen molar-refractivity contribution in [2.45, 2.75) is 27.7 Å². The molecule has 1 saturated heterocycles. The molecule has 0 bridgehead atoms. The summed E-state index contributed by atoms with van der Waals surface area (Å²) in [5, 5.41) is 3.51. The molecule has 0 saturated carbocycles. The Morgan fingerprint density at radius 1 is 1.04 bits per heavy atom. The molecule has 0 unspecified atom stereocenters. The fourth-order valence-electron chi connectivity index (χ4n) is 3.43. The first-order valence-electron chi connectivity index (χ1n) is 9.63. The zero-order valence-electron chi connectivity index (χ0n) is 16.8. The molecule has 1 fully saturated rings. The molecule has 2 rings (SSSR count). The minimum atomic E-state index is -0.0588. The fourth-order valence-corrected chi connectivity index (χ4v) is 3.80. The first kappa shape index (κ1) is 21.7. The van der Waals surface area contributed by atoms with Crippen LogP contribution in [-0.4, -0.2) is 78.9 Å². The predicted molar refractivity (Wildman–Crippen MR) is 110 cm³/mol. The van der Waals surface area contributed by atoms with E-state index in [2.05, 4.69) is 15.1 Å². The average molecular weight is 395 g/mol. The van der Waals surface area contributed by atoms with Crippen LogP contribution in [0.3, 0.4) is 0 Å². The van der Waals surface area contributed by atoms with Crippen LogP contribution in [0.25, 0.3) is 0 Å². The molecule has 1 aliphatic heterocycles. The van der Waals surface area contributed by atoms with Gasteiger partial charge in [-0.15, -0.1) is 0 Å². The van der Waals surface area contributed by atoms with Crippen LogP contribution < -0.4 is 5.32 Å². The van der Waals surface area contributed by atoms with Gasteiger partial charge >= 0.3 is 0 Å². The van der Waals surface area contributed by atoms with E-state index in [1.807, 2.05) is 44.7 Å². The number of hydrogen-bond acceptors (Lipinski definition) is 4. The van der Waals surface area contributed by atoms with Crippen molar-refractivity contribution >= 4 is 29.1 Å². The van der Waals surface area contributed by atoms with Crippen molar-refractivity contribution in [2.75, 3.05) is 57.7 Å². The molecule has 27 heavy (non-hydrogen) atoms. The number of hydrogen-bond donors (Lipinski definition) is 1. The van der Waals surface area contributed by atoms with E-state index in [0.29, 0.717) is 23.8 Å². The Morgan fingerprint density at radius 3 is 2.11 bits per heavy atom. The summed E-state index contributed by atoms with van der Waals surface area (Å²) in [6.07, 6.45) is 0. The highest BCUT2D eigenvalue weighted by Crippen LogP contribution is 2.27. The maximum Gasteiger partial charge on any atom is 0.238 e. The van der Waals surface area contributed by atoms with E-state index < -0.39 is 0 Å². The van der Waals surface area contributed by atoms with Crippen LogP contribution in [0.5, 0.6) is 0 Å². The molecular formula is C20H31ClN4O2. The van der Waals surface area contributed by atoms with E-state index in [9.17, 15) is 9.59 Å². The highest BCUT2D eigenvalue weighted by Gasteiger charge is 2.22. The third-order valence-corrected chi connectivity index (χ3v) is 5.30. The number of piperazine rings is 1. The number of carbonyl (C=O) groups excluding carboxylic acids is 2. The summed E-state index contributed by atoms with van der Waals surface area (Å²) in [6, 6.07) is 3.86. The maximum absolute atomic E-state index is 12.4. The van der Waals surface area contributed by atoms with E-state index in [-0.39, 0.29) is 11.8 Å². The van der Waals surface area contributed by atoms with Crippen molar-refractivity contribution in [3.8, 4) is 0 Å². The van der Waals surface area contributed by atoms with Crippen LogP contribution in [0, 0.1) is 13.8 Å². The standard InChI is InChI=1S/C20H31ClN4O2/c1-5-25(6-2)19(27)14-24-9-7-23(8-10-24)13-18(26)22-20-16(4)11-15(3)12-17(20)21/h11-12H,5-10,13-14H2,1-4H3,(H,22,26).